The standard InChI is InChI=1S/C31H58F2/c1-5-8-9-10-11-15-24(4)31-29(32)22-28(23-30(31)33)27-20-18-26(19-21-27)17-12-16-25(13-6-2)14-7-3/h24-31H,5-23H2,1-4H3. The second kappa shape index (κ2) is 16.5. The van der Waals surface area contributed by atoms with Crippen molar-refractivity contribution in [2.45, 2.75) is 162 Å². The van der Waals surface area contributed by atoms with Crippen molar-refractivity contribution < 1.29 is 8.78 Å². The molecular formula is C31H58F2. The fourth-order valence-electron chi connectivity index (χ4n) is 7.47. The lowest BCUT2D eigenvalue weighted by atomic mass is 9.65. The first-order valence-electron chi connectivity index (χ1n) is 15.3. The van der Waals surface area contributed by atoms with Crippen molar-refractivity contribution in [2.75, 3.05) is 0 Å². The van der Waals surface area contributed by atoms with Crippen LogP contribution in [0.3, 0.4) is 0 Å². The SMILES string of the molecule is CCCCCCCC(C)C1C(F)CC(C2CCC(CCCC(CCC)CCC)CC2)CC1F. The highest BCUT2D eigenvalue weighted by Crippen LogP contribution is 2.46. The topological polar surface area (TPSA) is 0 Å². The average molecular weight is 469 g/mol. The van der Waals surface area contributed by atoms with Crippen LogP contribution in [0.2, 0.25) is 0 Å². The van der Waals surface area contributed by atoms with Crippen LogP contribution in [-0.2, 0) is 0 Å². The van der Waals surface area contributed by atoms with Crippen LogP contribution < -0.4 is 0 Å². The van der Waals surface area contributed by atoms with Gasteiger partial charge in [0, 0.05) is 5.92 Å². The zero-order valence-corrected chi connectivity index (χ0v) is 22.8. The molecule has 0 radical (unpaired) electrons. The van der Waals surface area contributed by atoms with Crippen LogP contribution in [0.4, 0.5) is 8.78 Å². The Balaban J connectivity index is 1.68. The van der Waals surface area contributed by atoms with Crippen LogP contribution in [0.1, 0.15) is 150 Å². The molecule has 0 spiro atoms. The minimum absolute atomic E-state index is 0.192. The molecule has 0 heterocycles. The molecule has 0 bridgehead atoms. The van der Waals surface area contributed by atoms with Gasteiger partial charge in [0.25, 0.3) is 0 Å². The van der Waals surface area contributed by atoms with Crippen molar-refractivity contribution in [3.63, 3.8) is 0 Å². The summed E-state index contributed by atoms with van der Waals surface area (Å²) in [5.41, 5.74) is 0. The van der Waals surface area contributed by atoms with E-state index >= 15 is 8.78 Å². The summed E-state index contributed by atoms with van der Waals surface area (Å²) in [5.74, 6) is 2.53. The largest absolute Gasteiger partial charge is 0.247 e. The van der Waals surface area contributed by atoms with Crippen LogP contribution >= 0.6 is 0 Å². The van der Waals surface area contributed by atoms with Gasteiger partial charge in [-0.1, -0.05) is 124 Å². The second-order valence-corrected chi connectivity index (χ2v) is 12.2. The van der Waals surface area contributed by atoms with E-state index in [0.29, 0.717) is 24.7 Å². The first-order valence-corrected chi connectivity index (χ1v) is 15.3. The van der Waals surface area contributed by atoms with E-state index in [9.17, 15) is 0 Å². The summed E-state index contributed by atoms with van der Waals surface area (Å²) in [5, 5.41) is 0. The second-order valence-electron chi connectivity index (χ2n) is 12.2. The van der Waals surface area contributed by atoms with E-state index in [1.807, 2.05) is 0 Å². The van der Waals surface area contributed by atoms with Crippen LogP contribution in [0.15, 0.2) is 0 Å². The van der Waals surface area contributed by atoms with E-state index in [1.165, 1.54) is 96.3 Å². The molecule has 0 amide bonds. The lowest BCUT2D eigenvalue weighted by molar-refractivity contribution is -0.0114. The van der Waals surface area contributed by atoms with Crippen molar-refractivity contribution in [1.29, 1.82) is 0 Å². The third-order valence-electron chi connectivity index (χ3n) is 9.49. The minimum atomic E-state index is -0.920. The number of alkyl halides is 2. The normalized spacial score (nSPS) is 31.7. The van der Waals surface area contributed by atoms with Crippen molar-refractivity contribution in [3.05, 3.63) is 0 Å². The summed E-state index contributed by atoms with van der Waals surface area (Å²) in [6.07, 6.45) is 21.3. The number of hydrogen-bond acceptors (Lipinski definition) is 0. The van der Waals surface area contributed by atoms with Gasteiger partial charge in [-0.05, 0) is 55.3 Å². The zero-order chi connectivity index (χ0) is 24.1. The monoisotopic (exact) mass is 468 g/mol. The number of hydrogen-bond donors (Lipinski definition) is 0. The lowest BCUT2D eigenvalue weighted by Gasteiger charge is -2.42. The first kappa shape index (κ1) is 29.1. The molecule has 0 aromatic carbocycles. The molecule has 33 heavy (non-hydrogen) atoms. The Morgan fingerprint density at radius 2 is 1.24 bits per heavy atom. The number of rotatable bonds is 16. The van der Waals surface area contributed by atoms with E-state index in [0.717, 1.165) is 24.7 Å². The predicted molar refractivity (Wildman–Crippen MR) is 141 cm³/mol. The molecule has 2 heteroatoms. The summed E-state index contributed by atoms with van der Waals surface area (Å²) < 4.78 is 30.4. The molecule has 0 N–H and O–H groups in total. The molecule has 3 unspecified atom stereocenters. The fourth-order valence-corrected chi connectivity index (χ4v) is 7.47. The molecule has 0 aromatic rings. The Morgan fingerprint density at radius 3 is 1.82 bits per heavy atom. The quantitative estimate of drug-likeness (QED) is 0.198. The fraction of sp³-hybridized carbons (Fsp3) is 1.00. The van der Waals surface area contributed by atoms with Crippen LogP contribution in [-0.4, -0.2) is 12.3 Å². The van der Waals surface area contributed by atoms with Gasteiger partial charge in [0.2, 0.25) is 0 Å². The van der Waals surface area contributed by atoms with Crippen LogP contribution in [0.25, 0.3) is 0 Å². The molecule has 2 saturated carbocycles. The van der Waals surface area contributed by atoms with Gasteiger partial charge >= 0.3 is 0 Å². The zero-order valence-electron chi connectivity index (χ0n) is 22.8. The van der Waals surface area contributed by atoms with Crippen molar-refractivity contribution in [2.24, 2.45) is 35.5 Å². The van der Waals surface area contributed by atoms with Crippen molar-refractivity contribution in [1.82, 2.24) is 0 Å². The lowest BCUT2D eigenvalue weighted by Crippen LogP contribution is -2.41. The smallest absolute Gasteiger partial charge is 0.106 e. The molecule has 0 nitrogen and oxygen atoms in total. The van der Waals surface area contributed by atoms with Gasteiger partial charge in [-0.3, -0.25) is 0 Å². The Hall–Kier alpha value is -0.140. The van der Waals surface area contributed by atoms with Crippen molar-refractivity contribution in [3.8, 4) is 0 Å². The van der Waals surface area contributed by atoms with Gasteiger partial charge in [0.1, 0.15) is 12.3 Å². The van der Waals surface area contributed by atoms with Crippen LogP contribution in [0.5, 0.6) is 0 Å². The maximum absolute atomic E-state index is 15.2. The van der Waals surface area contributed by atoms with Gasteiger partial charge in [-0.2, -0.15) is 0 Å². The molecule has 0 aliphatic heterocycles. The summed E-state index contributed by atoms with van der Waals surface area (Å²) >= 11 is 0. The third-order valence-corrected chi connectivity index (χ3v) is 9.49. The molecule has 3 atom stereocenters. The molecule has 0 aromatic heterocycles. The maximum Gasteiger partial charge on any atom is 0.106 e. The highest BCUT2D eigenvalue weighted by atomic mass is 19.1. The Bertz CT molecular complexity index is 452. The Labute approximate surface area is 206 Å². The minimum Gasteiger partial charge on any atom is -0.247 e. The van der Waals surface area contributed by atoms with Crippen molar-refractivity contribution >= 4 is 0 Å². The average Bonchev–Trinajstić information content (AvgIpc) is 2.79. The van der Waals surface area contributed by atoms with Gasteiger partial charge in [0.05, 0.1) is 0 Å². The summed E-state index contributed by atoms with van der Waals surface area (Å²) in [4.78, 5) is 0. The molecule has 2 aliphatic carbocycles. The molecular weight excluding hydrogens is 410 g/mol. The predicted octanol–water partition coefficient (Wildman–Crippen LogP) is 10.9. The van der Waals surface area contributed by atoms with E-state index < -0.39 is 12.3 Å². The Kier molecular flexibility index (Phi) is 14.6. The number of halogens is 2. The number of unbranched alkanes of at least 4 members (excludes halogenated alkanes) is 4. The maximum atomic E-state index is 15.2. The van der Waals surface area contributed by atoms with E-state index in [2.05, 4.69) is 27.7 Å². The van der Waals surface area contributed by atoms with E-state index in [1.54, 1.807) is 0 Å². The molecule has 2 aliphatic rings. The van der Waals surface area contributed by atoms with Gasteiger partial charge < -0.3 is 0 Å². The van der Waals surface area contributed by atoms with Crippen LogP contribution in [0, 0.1) is 35.5 Å². The molecule has 196 valence electrons. The molecule has 0 saturated heterocycles. The highest BCUT2D eigenvalue weighted by Gasteiger charge is 2.43. The molecule has 2 fully saturated rings. The molecule has 2 rings (SSSR count). The summed E-state index contributed by atoms with van der Waals surface area (Å²) in [6.45, 7) is 8.97. The van der Waals surface area contributed by atoms with Gasteiger partial charge in [-0.15, -0.1) is 0 Å². The van der Waals surface area contributed by atoms with E-state index in [4.69, 9.17) is 0 Å². The van der Waals surface area contributed by atoms with Gasteiger partial charge in [-0.25, -0.2) is 8.78 Å². The first-order chi connectivity index (χ1) is 16.0. The summed E-state index contributed by atoms with van der Waals surface area (Å²) in [6, 6.07) is 0. The Morgan fingerprint density at radius 1 is 0.636 bits per heavy atom. The highest BCUT2D eigenvalue weighted by molar-refractivity contribution is 4.92. The summed E-state index contributed by atoms with van der Waals surface area (Å²) in [7, 11) is 0. The third kappa shape index (κ3) is 10.2. The van der Waals surface area contributed by atoms with E-state index in [-0.39, 0.29) is 11.8 Å². The van der Waals surface area contributed by atoms with Gasteiger partial charge in [0.15, 0.2) is 0 Å².